The van der Waals surface area contributed by atoms with Gasteiger partial charge in [0.15, 0.2) is 0 Å². The van der Waals surface area contributed by atoms with E-state index in [4.69, 9.17) is 4.74 Å². The number of aromatic nitrogens is 2. The minimum Gasteiger partial charge on any atom is -0.396 e. The Kier molecular flexibility index (Phi) is 4.53. The summed E-state index contributed by atoms with van der Waals surface area (Å²) in [5.74, 6) is 0. The van der Waals surface area contributed by atoms with Crippen LogP contribution in [0.1, 0.15) is 24.3 Å². The molecule has 102 valence electrons. The summed E-state index contributed by atoms with van der Waals surface area (Å²) in [6, 6.07) is 0. The van der Waals surface area contributed by atoms with Gasteiger partial charge in [0.2, 0.25) is 5.13 Å². The summed E-state index contributed by atoms with van der Waals surface area (Å²) in [5.41, 5.74) is -0.0478. The van der Waals surface area contributed by atoms with Gasteiger partial charge in [0.1, 0.15) is 5.01 Å². The lowest BCUT2D eigenvalue weighted by Crippen LogP contribution is -2.46. The van der Waals surface area contributed by atoms with Crippen LogP contribution in [0.15, 0.2) is 0 Å². The zero-order valence-corrected chi connectivity index (χ0v) is 11.9. The largest absolute Gasteiger partial charge is 0.396 e. The highest BCUT2D eigenvalue weighted by atomic mass is 32.1. The number of ether oxygens (including phenoxy) is 1. The van der Waals surface area contributed by atoms with Gasteiger partial charge in [-0.1, -0.05) is 11.3 Å². The van der Waals surface area contributed by atoms with Gasteiger partial charge in [-0.3, -0.25) is 0 Å². The second-order valence-electron chi connectivity index (χ2n) is 5.03. The molecule has 1 saturated heterocycles. The average Bonchev–Trinajstić information content (AvgIpc) is 2.83. The first-order chi connectivity index (χ1) is 8.69. The third-order valence-corrected chi connectivity index (χ3v) is 4.52. The number of methoxy groups -OCH3 is 1. The first-order valence-corrected chi connectivity index (χ1v) is 7.16. The highest BCUT2D eigenvalue weighted by molar-refractivity contribution is 7.15. The molecule has 6 heteroatoms. The maximum Gasteiger partial charge on any atom is 0.208 e. The van der Waals surface area contributed by atoms with Crippen molar-refractivity contribution in [1.82, 2.24) is 10.2 Å². The van der Waals surface area contributed by atoms with Crippen LogP contribution in [0.25, 0.3) is 0 Å². The van der Waals surface area contributed by atoms with Crippen LogP contribution in [0.5, 0.6) is 0 Å². The molecule has 0 radical (unpaired) electrons. The molecule has 2 heterocycles. The molecule has 0 amide bonds. The SMILES string of the molecule is COCC[C@@]1(CO)CCCN(c2nnc(C)s2)C1. The van der Waals surface area contributed by atoms with Crippen molar-refractivity contribution in [2.75, 3.05) is 38.3 Å². The molecule has 1 aromatic rings. The van der Waals surface area contributed by atoms with Gasteiger partial charge in [-0.05, 0) is 26.2 Å². The standard InChI is InChI=1S/C12H21N3O2S/c1-10-13-14-11(18-10)15-6-3-4-12(8-15,9-16)5-7-17-2/h16H,3-9H2,1-2H3/t12-/m0/s1. The summed E-state index contributed by atoms with van der Waals surface area (Å²) in [7, 11) is 1.71. The molecule has 1 aliphatic rings. The third-order valence-electron chi connectivity index (χ3n) is 3.62. The first kappa shape index (κ1) is 13.7. The van der Waals surface area contributed by atoms with Crippen molar-refractivity contribution in [1.29, 1.82) is 0 Å². The topological polar surface area (TPSA) is 58.5 Å². The lowest BCUT2D eigenvalue weighted by molar-refractivity contribution is 0.0626. The summed E-state index contributed by atoms with van der Waals surface area (Å²) in [5, 5.41) is 20.0. The summed E-state index contributed by atoms with van der Waals surface area (Å²) in [4.78, 5) is 2.25. The highest BCUT2D eigenvalue weighted by Crippen LogP contribution is 2.35. The van der Waals surface area contributed by atoms with E-state index in [1.807, 2.05) is 6.92 Å². The molecular weight excluding hydrogens is 250 g/mol. The van der Waals surface area contributed by atoms with Crippen LogP contribution in [0.2, 0.25) is 0 Å². The Labute approximate surface area is 112 Å². The summed E-state index contributed by atoms with van der Waals surface area (Å²) in [6.45, 7) is 4.73. The molecule has 1 N–H and O–H groups in total. The molecule has 18 heavy (non-hydrogen) atoms. The number of hydrogen-bond donors (Lipinski definition) is 1. The van der Waals surface area contributed by atoms with E-state index in [0.717, 1.165) is 42.5 Å². The van der Waals surface area contributed by atoms with E-state index in [9.17, 15) is 5.11 Å². The average molecular weight is 271 g/mol. The van der Waals surface area contributed by atoms with Crippen molar-refractivity contribution in [3.05, 3.63) is 5.01 Å². The van der Waals surface area contributed by atoms with Crippen molar-refractivity contribution < 1.29 is 9.84 Å². The zero-order valence-electron chi connectivity index (χ0n) is 11.1. The summed E-state index contributed by atoms with van der Waals surface area (Å²) in [6.07, 6.45) is 3.04. The quantitative estimate of drug-likeness (QED) is 0.878. The minimum atomic E-state index is -0.0478. The molecule has 0 aliphatic carbocycles. The van der Waals surface area contributed by atoms with E-state index in [-0.39, 0.29) is 12.0 Å². The van der Waals surface area contributed by atoms with E-state index < -0.39 is 0 Å². The van der Waals surface area contributed by atoms with Gasteiger partial charge in [-0.25, -0.2) is 0 Å². The van der Waals surface area contributed by atoms with E-state index in [1.54, 1.807) is 18.4 Å². The number of anilines is 1. The van der Waals surface area contributed by atoms with Crippen molar-refractivity contribution in [3.63, 3.8) is 0 Å². The predicted octanol–water partition coefficient (Wildman–Crippen LogP) is 1.46. The van der Waals surface area contributed by atoms with Gasteiger partial charge in [0.25, 0.3) is 0 Å². The Morgan fingerprint density at radius 3 is 2.94 bits per heavy atom. The monoisotopic (exact) mass is 271 g/mol. The Hall–Kier alpha value is -0.720. The van der Waals surface area contributed by atoms with Gasteiger partial charge in [-0.2, -0.15) is 0 Å². The normalized spacial score (nSPS) is 24.5. The molecular formula is C12H21N3O2S. The Bertz CT molecular complexity index is 385. The molecule has 1 atom stereocenters. The van der Waals surface area contributed by atoms with Crippen LogP contribution in [-0.4, -0.2) is 48.7 Å². The van der Waals surface area contributed by atoms with Crippen LogP contribution in [0.4, 0.5) is 5.13 Å². The number of aliphatic hydroxyl groups excluding tert-OH is 1. The maximum absolute atomic E-state index is 9.72. The highest BCUT2D eigenvalue weighted by Gasteiger charge is 2.35. The molecule has 1 aliphatic heterocycles. The van der Waals surface area contributed by atoms with E-state index in [1.165, 1.54) is 0 Å². The number of aliphatic hydroxyl groups is 1. The van der Waals surface area contributed by atoms with E-state index in [2.05, 4.69) is 15.1 Å². The Morgan fingerprint density at radius 2 is 2.33 bits per heavy atom. The van der Waals surface area contributed by atoms with Gasteiger partial charge in [0, 0.05) is 32.2 Å². The fourth-order valence-electron chi connectivity index (χ4n) is 2.52. The van der Waals surface area contributed by atoms with Crippen molar-refractivity contribution in [2.24, 2.45) is 5.41 Å². The fraction of sp³-hybridized carbons (Fsp3) is 0.833. The minimum absolute atomic E-state index is 0.0478. The van der Waals surface area contributed by atoms with Crippen LogP contribution in [0.3, 0.4) is 0 Å². The lowest BCUT2D eigenvalue weighted by Gasteiger charge is -2.41. The van der Waals surface area contributed by atoms with Crippen LogP contribution in [-0.2, 0) is 4.74 Å². The molecule has 1 fully saturated rings. The second kappa shape index (κ2) is 5.95. The van der Waals surface area contributed by atoms with Gasteiger partial charge in [-0.15, -0.1) is 10.2 Å². The zero-order chi connectivity index (χ0) is 13.0. The van der Waals surface area contributed by atoms with Crippen molar-refractivity contribution in [2.45, 2.75) is 26.2 Å². The van der Waals surface area contributed by atoms with Crippen LogP contribution < -0.4 is 4.90 Å². The van der Waals surface area contributed by atoms with E-state index in [0.29, 0.717) is 6.61 Å². The second-order valence-corrected chi connectivity index (χ2v) is 6.19. The summed E-state index contributed by atoms with van der Waals surface area (Å²) < 4.78 is 5.16. The number of piperidine rings is 1. The van der Waals surface area contributed by atoms with Gasteiger partial charge in [0.05, 0.1) is 6.61 Å². The lowest BCUT2D eigenvalue weighted by atomic mass is 9.78. The molecule has 0 unspecified atom stereocenters. The molecule has 5 nitrogen and oxygen atoms in total. The third kappa shape index (κ3) is 2.99. The predicted molar refractivity (Wildman–Crippen MR) is 72.1 cm³/mol. The van der Waals surface area contributed by atoms with E-state index >= 15 is 0 Å². The van der Waals surface area contributed by atoms with Crippen molar-refractivity contribution in [3.8, 4) is 0 Å². The molecule has 1 aromatic heterocycles. The maximum atomic E-state index is 9.72. The summed E-state index contributed by atoms with van der Waals surface area (Å²) >= 11 is 1.62. The Morgan fingerprint density at radius 1 is 1.50 bits per heavy atom. The van der Waals surface area contributed by atoms with Crippen LogP contribution in [0, 0.1) is 12.3 Å². The number of aryl methyl sites for hydroxylation is 1. The molecule has 0 aromatic carbocycles. The smallest absolute Gasteiger partial charge is 0.208 e. The molecule has 0 bridgehead atoms. The first-order valence-electron chi connectivity index (χ1n) is 6.34. The number of nitrogens with zero attached hydrogens (tertiary/aromatic N) is 3. The van der Waals surface area contributed by atoms with Crippen molar-refractivity contribution >= 4 is 16.5 Å². The van der Waals surface area contributed by atoms with Gasteiger partial charge >= 0.3 is 0 Å². The van der Waals surface area contributed by atoms with Gasteiger partial charge < -0.3 is 14.7 Å². The fourth-order valence-corrected chi connectivity index (χ4v) is 3.23. The van der Waals surface area contributed by atoms with Crippen LogP contribution >= 0.6 is 11.3 Å². The number of hydrogen-bond acceptors (Lipinski definition) is 6. The number of rotatable bonds is 5. The Balaban J connectivity index is 2.06. The molecule has 2 rings (SSSR count). The molecule has 0 spiro atoms. The molecule has 0 saturated carbocycles.